The van der Waals surface area contributed by atoms with Crippen LogP contribution in [-0.2, 0) is 4.79 Å². The Morgan fingerprint density at radius 1 is 1.43 bits per heavy atom. The number of ether oxygens (including phenoxy) is 2. The van der Waals surface area contributed by atoms with Crippen molar-refractivity contribution in [1.82, 2.24) is 5.32 Å². The minimum Gasteiger partial charge on any atom is -0.454 e. The molecule has 1 amide bonds. The lowest BCUT2D eigenvalue weighted by Crippen LogP contribution is -2.46. The van der Waals surface area contributed by atoms with E-state index in [1.807, 2.05) is 0 Å². The molecule has 2 N–H and O–H groups in total. The maximum Gasteiger partial charge on any atom is 0.241 e. The van der Waals surface area contributed by atoms with Crippen molar-refractivity contribution in [3.8, 4) is 11.5 Å². The molecule has 0 spiro atoms. The molecule has 0 aliphatic carbocycles. The van der Waals surface area contributed by atoms with Crippen LogP contribution < -0.4 is 20.1 Å². The molecule has 2 unspecified atom stereocenters. The number of amides is 1. The lowest BCUT2D eigenvalue weighted by atomic mass is 9.90. The molecule has 0 saturated carbocycles. The first-order valence-corrected chi connectivity index (χ1v) is 7.68. The van der Waals surface area contributed by atoms with E-state index in [1.54, 1.807) is 12.1 Å². The highest BCUT2D eigenvalue weighted by Gasteiger charge is 2.27. The van der Waals surface area contributed by atoms with E-state index in [9.17, 15) is 4.79 Å². The minimum atomic E-state index is -0.162. The number of carbonyl (C=O) groups is 1. The van der Waals surface area contributed by atoms with Crippen LogP contribution in [0.5, 0.6) is 11.5 Å². The molecule has 6 heteroatoms. The van der Waals surface area contributed by atoms with Gasteiger partial charge in [-0.1, -0.05) is 24.9 Å². The zero-order valence-corrected chi connectivity index (χ0v) is 12.7. The first-order valence-electron chi connectivity index (χ1n) is 7.30. The largest absolute Gasteiger partial charge is 0.454 e. The SMILES string of the molecule is CCC1CCNC(C(=O)Nc2cc3c(cc2Cl)OCO3)C1. The van der Waals surface area contributed by atoms with E-state index in [0.29, 0.717) is 28.1 Å². The maximum atomic E-state index is 12.4. The van der Waals surface area contributed by atoms with Crippen LogP contribution in [0.25, 0.3) is 0 Å². The fraction of sp³-hybridized carbons (Fsp3) is 0.533. The topological polar surface area (TPSA) is 59.6 Å². The van der Waals surface area contributed by atoms with Crippen molar-refractivity contribution in [3.05, 3.63) is 17.2 Å². The molecule has 21 heavy (non-hydrogen) atoms. The molecule has 2 aliphatic rings. The average Bonchev–Trinajstić information content (AvgIpc) is 2.94. The molecule has 5 nitrogen and oxygen atoms in total. The van der Waals surface area contributed by atoms with Crippen molar-refractivity contribution in [2.75, 3.05) is 18.7 Å². The molecule has 1 fully saturated rings. The van der Waals surface area contributed by atoms with E-state index in [2.05, 4.69) is 17.6 Å². The predicted octanol–water partition coefficient (Wildman–Crippen LogP) is 2.79. The molecule has 1 aromatic carbocycles. The molecule has 1 saturated heterocycles. The molecule has 114 valence electrons. The quantitative estimate of drug-likeness (QED) is 0.901. The Bertz CT molecular complexity index is 550. The third kappa shape index (κ3) is 3.09. The van der Waals surface area contributed by atoms with Gasteiger partial charge >= 0.3 is 0 Å². The lowest BCUT2D eigenvalue weighted by Gasteiger charge is -2.28. The molecule has 0 bridgehead atoms. The van der Waals surface area contributed by atoms with Gasteiger partial charge in [0.2, 0.25) is 12.7 Å². The second-order valence-electron chi connectivity index (χ2n) is 5.48. The molecule has 1 aromatic rings. The number of anilines is 1. The molecular weight excluding hydrogens is 292 g/mol. The number of halogens is 1. The highest BCUT2D eigenvalue weighted by molar-refractivity contribution is 6.34. The zero-order chi connectivity index (χ0) is 14.8. The number of carbonyl (C=O) groups excluding carboxylic acids is 1. The van der Waals surface area contributed by atoms with E-state index in [0.717, 1.165) is 25.8 Å². The van der Waals surface area contributed by atoms with Crippen LogP contribution in [0.2, 0.25) is 5.02 Å². The third-order valence-corrected chi connectivity index (χ3v) is 4.44. The number of piperidine rings is 1. The van der Waals surface area contributed by atoms with Crippen LogP contribution in [0.3, 0.4) is 0 Å². The summed E-state index contributed by atoms with van der Waals surface area (Å²) in [7, 11) is 0. The van der Waals surface area contributed by atoms with E-state index in [1.165, 1.54) is 0 Å². The molecule has 2 atom stereocenters. The first kappa shape index (κ1) is 14.5. The summed E-state index contributed by atoms with van der Waals surface area (Å²) < 4.78 is 10.6. The van der Waals surface area contributed by atoms with Crippen LogP contribution in [0.1, 0.15) is 26.2 Å². The number of hydrogen-bond acceptors (Lipinski definition) is 4. The van der Waals surface area contributed by atoms with Crippen molar-refractivity contribution in [2.45, 2.75) is 32.2 Å². The Balaban J connectivity index is 1.70. The van der Waals surface area contributed by atoms with Gasteiger partial charge in [0, 0.05) is 12.1 Å². The van der Waals surface area contributed by atoms with E-state index < -0.39 is 0 Å². The van der Waals surface area contributed by atoms with Gasteiger partial charge in [-0.2, -0.15) is 0 Å². The monoisotopic (exact) mass is 310 g/mol. The molecular formula is C15H19ClN2O3. The summed E-state index contributed by atoms with van der Waals surface area (Å²) in [6, 6.07) is 3.22. The minimum absolute atomic E-state index is 0.0473. The first-order chi connectivity index (χ1) is 10.2. The second-order valence-corrected chi connectivity index (χ2v) is 5.89. The molecule has 2 aliphatic heterocycles. The van der Waals surface area contributed by atoms with Crippen LogP contribution in [0, 0.1) is 5.92 Å². The third-order valence-electron chi connectivity index (χ3n) is 4.13. The normalized spacial score (nSPS) is 23.9. The highest BCUT2D eigenvalue weighted by atomic mass is 35.5. The van der Waals surface area contributed by atoms with Crippen LogP contribution >= 0.6 is 11.6 Å². The molecule has 0 radical (unpaired) electrons. The summed E-state index contributed by atoms with van der Waals surface area (Å²) in [4.78, 5) is 12.4. The zero-order valence-electron chi connectivity index (χ0n) is 11.9. The number of rotatable bonds is 3. The van der Waals surface area contributed by atoms with E-state index in [-0.39, 0.29) is 18.7 Å². The second kappa shape index (κ2) is 6.12. The maximum absolute atomic E-state index is 12.4. The van der Waals surface area contributed by atoms with Gasteiger partial charge < -0.3 is 20.1 Å². The van der Waals surface area contributed by atoms with E-state index >= 15 is 0 Å². The van der Waals surface area contributed by atoms with Crippen molar-refractivity contribution in [2.24, 2.45) is 5.92 Å². The Hall–Kier alpha value is -1.46. The smallest absolute Gasteiger partial charge is 0.241 e. The summed E-state index contributed by atoms with van der Waals surface area (Å²) in [6.45, 7) is 3.23. The standard InChI is InChI=1S/C15H19ClN2O3/c1-2-9-3-4-17-12(5-9)15(19)18-11-7-14-13(6-10(11)16)20-8-21-14/h6-7,9,12,17H,2-5,8H2,1H3,(H,18,19). The number of benzene rings is 1. The van der Waals surface area contributed by atoms with Gasteiger partial charge in [0.05, 0.1) is 16.8 Å². The number of hydrogen-bond donors (Lipinski definition) is 2. The highest BCUT2D eigenvalue weighted by Crippen LogP contribution is 2.39. The van der Waals surface area contributed by atoms with Crippen molar-refractivity contribution in [3.63, 3.8) is 0 Å². The summed E-state index contributed by atoms with van der Waals surface area (Å²) in [5.41, 5.74) is 0.561. The van der Waals surface area contributed by atoms with Crippen molar-refractivity contribution >= 4 is 23.2 Å². The molecule has 0 aromatic heterocycles. The Morgan fingerprint density at radius 3 is 2.95 bits per heavy atom. The van der Waals surface area contributed by atoms with Crippen molar-refractivity contribution < 1.29 is 14.3 Å². The van der Waals surface area contributed by atoms with Crippen LogP contribution in [0.4, 0.5) is 5.69 Å². The summed E-state index contributed by atoms with van der Waals surface area (Å²) >= 11 is 6.18. The number of nitrogens with one attached hydrogen (secondary N) is 2. The van der Waals surface area contributed by atoms with Gasteiger partial charge in [-0.3, -0.25) is 4.79 Å². The molecule has 3 rings (SSSR count). The van der Waals surface area contributed by atoms with Crippen LogP contribution in [0.15, 0.2) is 12.1 Å². The van der Waals surface area contributed by atoms with Gasteiger partial charge in [-0.15, -0.1) is 0 Å². The van der Waals surface area contributed by atoms with Crippen molar-refractivity contribution in [1.29, 1.82) is 0 Å². The molecule has 2 heterocycles. The van der Waals surface area contributed by atoms with Gasteiger partial charge in [0.1, 0.15) is 0 Å². The Morgan fingerprint density at radius 2 is 2.19 bits per heavy atom. The lowest BCUT2D eigenvalue weighted by molar-refractivity contribution is -0.119. The Labute approximate surface area is 128 Å². The average molecular weight is 311 g/mol. The summed E-state index contributed by atoms with van der Waals surface area (Å²) in [6.07, 6.45) is 3.10. The van der Waals surface area contributed by atoms with E-state index in [4.69, 9.17) is 21.1 Å². The van der Waals surface area contributed by atoms with Gasteiger partial charge in [0.15, 0.2) is 11.5 Å². The van der Waals surface area contributed by atoms with Gasteiger partial charge in [-0.05, 0) is 25.3 Å². The van der Waals surface area contributed by atoms with Gasteiger partial charge in [0.25, 0.3) is 0 Å². The summed E-state index contributed by atoms with van der Waals surface area (Å²) in [5, 5.41) is 6.60. The number of fused-ring (bicyclic) bond motifs is 1. The predicted molar refractivity (Wildman–Crippen MR) is 81.0 cm³/mol. The Kier molecular flexibility index (Phi) is 4.22. The fourth-order valence-electron chi connectivity index (χ4n) is 2.80. The van der Waals surface area contributed by atoms with Gasteiger partial charge in [-0.25, -0.2) is 0 Å². The fourth-order valence-corrected chi connectivity index (χ4v) is 3.00. The van der Waals surface area contributed by atoms with Crippen LogP contribution in [-0.4, -0.2) is 25.3 Å². The summed E-state index contributed by atoms with van der Waals surface area (Å²) in [5.74, 6) is 1.78.